The van der Waals surface area contributed by atoms with Crippen LogP contribution in [0.4, 0.5) is 5.69 Å². The number of carbonyl (C=O) groups excluding carboxylic acids is 1. The van der Waals surface area contributed by atoms with Gasteiger partial charge in [0.05, 0.1) is 11.5 Å². The van der Waals surface area contributed by atoms with Crippen LogP contribution >= 0.6 is 0 Å². The van der Waals surface area contributed by atoms with Crippen LogP contribution < -0.4 is 10.2 Å². The van der Waals surface area contributed by atoms with Crippen molar-refractivity contribution >= 4 is 17.3 Å². The number of nitro benzene ring substituents is 1. The monoisotopic (exact) mass is 359 g/mol. The van der Waals surface area contributed by atoms with Gasteiger partial charge in [-0.05, 0) is 49.7 Å². The van der Waals surface area contributed by atoms with E-state index in [1.54, 1.807) is 6.92 Å². The summed E-state index contributed by atoms with van der Waals surface area (Å²) in [6, 6.07) is 4.19. The van der Waals surface area contributed by atoms with Gasteiger partial charge in [0.15, 0.2) is 5.75 Å². The molecule has 2 atom stereocenters. The summed E-state index contributed by atoms with van der Waals surface area (Å²) < 4.78 is 5.24. The van der Waals surface area contributed by atoms with Gasteiger partial charge in [0.25, 0.3) is 5.91 Å². The molecule has 2 aliphatic rings. The molecule has 0 saturated heterocycles. The summed E-state index contributed by atoms with van der Waals surface area (Å²) in [6.07, 6.45) is 3.17. The quantitative estimate of drug-likeness (QED) is 0.637. The number of carbonyl (C=O) groups is 1. The van der Waals surface area contributed by atoms with E-state index >= 15 is 0 Å². The third-order valence-corrected chi connectivity index (χ3v) is 6.52. The molecule has 1 amide bonds. The molecule has 2 fully saturated rings. The molecule has 1 aromatic rings. The molecule has 3 rings (SSSR count). The summed E-state index contributed by atoms with van der Waals surface area (Å²) in [6.45, 7) is 8.82. The highest BCUT2D eigenvalue weighted by Gasteiger charge is 2.60. The molecule has 0 unspecified atom stereocenters. The lowest BCUT2D eigenvalue weighted by atomic mass is 9.70. The number of benzene rings is 1. The Morgan fingerprint density at radius 2 is 2.15 bits per heavy atom. The highest BCUT2D eigenvalue weighted by atomic mass is 16.6. The van der Waals surface area contributed by atoms with Crippen LogP contribution in [-0.4, -0.2) is 23.1 Å². The van der Waals surface area contributed by atoms with Crippen LogP contribution in [0.15, 0.2) is 23.3 Å². The molecule has 2 aliphatic carbocycles. The largest absolute Gasteiger partial charge is 0.487 e. The van der Waals surface area contributed by atoms with Gasteiger partial charge in [-0.15, -0.1) is 0 Å². The summed E-state index contributed by atoms with van der Waals surface area (Å²) in [5.74, 6) is 0.297. The van der Waals surface area contributed by atoms with Crippen LogP contribution in [0.1, 0.15) is 57.3 Å². The Labute approximate surface area is 153 Å². The zero-order chi connectivity index (χ0) is 19.1. The molecular weight excluding hydrogens is 334 g/mol. The third kappa shape index (κ3) is 2.75. The highest BCUT2D eigenvalue weighted by Crippen LogP contribution is 2.63. The second kappa shape index (κ2) is 6.37. The van der Waals surface area contributed by atoms with Gasteiger partial charge in [-0.2, -0.15) is 5.10 Å². The Kier molecular flexibility index (Phi) is 4.50. The predicted octanol–water partition coefficient (Wildman–Crippen LogP) is 3.93. The number of amides is 1. The number of nitrogens with one attached hydrogen (secondary N) is 1. The SMILES string of the molecule is CCOc1ccc(C(=O)N/N=C2/C[C@H]3CC[C@@]2(C)C3(C)C)cc1[N+](=O)[O-]. The van der Waals surface area contributed by atoms with Crippen LogP contribution in [0.2, 0.25) is 0 Å². The zero-order valence-corrected chi connectivity index (χ0v) is 15.7. The Hall–Kier alpha value is -2.44. The van der Waals surface area contributed by atoms with E-state index in [0.29, 0.717) is 12.5 Å². The maximum absolute atomic E-state index is 12.4. The number of hydrazone groups is 1. The average Bonchev–Trinajstić information content (AvgIpc) is 2.93. The van der Waals surface area contributed by atoms with E-state index in [4.69, 9.17) is 4.74 Å². The summed E-state index contributed by atoms with van der Waals surface area (Å²) in [5.41, 5.74) is 3.75. The predicted molar refractivity (Wildman–Crippen MR) is 98.4 cm³/mol. The van der Waals surface area contributed by atoms with Gasteiger partial charge in [0, 0.05) is 22.8 Å². The van der Waals surface area contributed by atoms with E-state index in [9.17, 15) is 14.9 Å². The van der Waals surface area contributed by atoms with Crippen molar-refractivity contribution < 1.29 is 14.5 Å². The van der Waals surface area contributed by atoms with E-state index in [2.05, 4.69) is 31.3 Å². The standard InChI is InChI=1S/C19H25N3O4/c1-5-26-15-7-6-12(10-14(15)22(24)25)17(23)21-20-16-11-13-8-9-19(16,4)18(13,2)3/h6-7,10,13H,5,8-9,11H2,1-4H3,(H,21,23)/b20-16-/t13-,19-/m1/s1. The van der Waals surface area contributed by atoms with Gasteiger partial charge >= 0.3 is 5.69 Å². The van der Waals surface area contributed by atoms with Gasteiger partial charge in [-0.3, -0.25) is 14.9 Å². The molecule has 140 valence electrons. The minimum absolute atomic E-state index is 0.00420. The third-order valence-electron chi connectivity index (χ3n) is 6.52. The van der Waals surface area contributed by atoms with Crippen molar-refractivity contribution in [2.45, 2.75) is 47.0 Å². The van der Waals surface area contributed by atoms with Crippen molar-refractivity contribution in [1.29, 1.82) is 0 Å². The molecule has 0 aliphatic heterocycles. The normalized spacial score (nSPS) is 27.5. The molecule has 0 spiro atoms. The fraction of sp³-hybridized carbons (Fsp3) is 0.579. The van der Waals surface area contributed by atoms with Gasteiger partial charge in [0.1, 0.15) is 0 Å². The lowest BCUT2D eigenvalue weighted by Crippen LogP contribution is -2.34. The van der Waals surface area contributed by atoms with Crippen LogP contribution in [0, 0.1) is 26.9 Å². The Bertz CT molecular complexity index is 787. The molecule has 7 nitrogen and oxygen atoms in total. The summed E-state index contributed by atoms with van der Waals surface area (Å²) in [7, 11) is 0. The zero-order valence-electron chi connectivity index (χ0n) is 15.7. The summed E-state index contributed by atoms with van der Waals surface area (Å²) in [5, 5.41) is 15.6. The highest BCUT2D eigenvalue weighted by molar-refractivity contribution is 5.98. The lowest BCUT2D eigenvalue weighted by molar-refractivity contribution is -0.385. The fourth-order valence-corrected chi connectivity index (χ4v) is 4.36. The molecule has 1 N–H and O–H groups in total. The molecule has 26 heavy (non-hydrogen) atoms. The number of hydrogen-bond acceptors (Lipinski definition) is 5. The maximum atomic E-state index is 12.4. The van der Waals surface area contributed by atoms with E-state index in [-0.39, 0.29) is 27.8 Å². The summed E-state index contributed by atoms with van der Waals surface area (Å²) >= 11 is 0. The number of nitro groups is 1. The minimum atomic E-state index is -0.548. The first kappa shape index (κ1) is 18.4. The molecule has 2 saturated carbocycles. The van der Waals surface area contributed by atoms with Crippen molar-refractivity contribution in [2.24, 2.45) is 21.8 Å². The molecule has 7 heteroatoms. The molecule has 0 aromatic heterocycles. The van der Waals surface area contributed by atoms with E-state index < -0.39 is 10.8 Å². The van der Waals surface area contributed by atoms with Gasteiger partial charge in [-0.25, -0.2) is 5.43 Å². The van der Waals surface area contributed by atoms with Gasteiger partial charge in [-0.1, -0.05) is 20.8 Å². The van der Waals surface area contributed by atoms with E-state index in [1.165, 1.54) is 24.6 Å². The van der Waals surface area contributed by atoms with Crippen molar-refractivity contribution in [3.8, 4) is 5.75 Å². The lowest BCUT2D eigenvalue weighted by Gasteiger charge is -2.34. The number of fused-ring (bicyclic) bond motifs is 2. The maximum Gasteiger partial charge on any atom is 0.311 e. The van der Waals surface area contributed by atoms with Gasteiger partial charge in [0.2, 0.25) is 0 Å². The Morgan fingerprint density at radius 1 is 1.42 bits per heavy atom. The minimum Gasteiger partial charge on any atom is -0.487 e. The molecular formula is C19H25N3O4. The smallest absolute Gasteiger partial charge is 0.311 e. The van der Waals surface area contributed by atoms with Crippen molar-refractivity contribution in [2.75, 3.05) is 6.61 Å². The molecule has 0 radical (unpaired) electrons. The Balaban J connectivity index is 1.79. The second-order valence-electron chi connectivity index (χ2n) is 7.87. The van der Waals surface area contributed by atoms with Crippen molar-refractivity contribution in [1.82, 2.24) is 5.43 Å². The number of hydrogen-bond donors (Lipinski definition) is 1. The topological polar surface area (TPSA) is 93.8 Å². The number of ether oxygens (including phenoxy) is 1. The fourth-order valence-electron chi connectivity index (χ4n) is 4.36. The van der Waals surface area contributed by atoms with E-state index in [0.717, 1.165) is 18.6 Å². The van der Waals surface area contributed by atoms with E-state index in [1.807, 2.05) is 0 Å². The van der Waals surface area contributed by atoms with Gasteiger partial charge < -0.3 is 4.74 Å². The van der Waals surface area contributed by atoms with Crippen LogP contribution in [0.25, 0.3) is 0 Å². The first-order valence-electron chi connectivity index (χ1n) is 8.99. The number of rotatable bonds is 5. The molecule has 0 heterocycles. The molecule has 1 aromatic carbocycles. The average molecular weight is 359 g/mol. The van der Waals surface area contributed by atoms with Crippen molar-refractivity contribution in [3.05, 3.63) is 33.9 Å². The summed E-state index contributed by atoms with van der Waals surface area (Å²) in [4.78, 5) is 23.1. The first-order valence-corrected chi connectivity index (χ1v) is 8.99. The first-order chi connectivity index (χ1) is 12.2. The number of nitrogens with zero attached hydrogens (tertiary/aromatic N) is 2. The van der Waals surface area contributed by atoms with Crippen LogP contribution in [-0.2, 0) is 0 Å². The van der Waals surface area contributed by atoms with Crippen molar-refractivity contribution in [3.63, 3.8) is 0 Å². The van der Waals surface area contributed by atoms with Crippen LogP contribution in [0.3, 0.4) is 0 Å². The molecule has 2 bridgehead atoms. The Morgan fingerprint density at radius 3 is 2.69 bits per heavy atom. The second-order valence-corrected chi connectivity index (χ2v) is 7.87. The van der Waals surface area contributed by atoms with Crippen LogP contribution in [0.5, 0.6) is 5.75 Å².